The van der Waals surface area contributed by atoms with Gasteiger partial charge < -0.3 is 0 Å². The molecule has 0 saturated carbocycles. The van der Waals surface area contributed by atoms with Gasteiger partial charge in [-0.05, 0) is 27.3 Å². The molecule has 0 bridgehead atoms. The topological polar surface area (TPSA) is 0 Å². The molecule has 0 amide bonds. The second-order valence-corrected chi connectivity index (χ2v) is 11.0. The summed E-state index contributed by atoms with van der Waals surface area (Å²) >= 11 is 0. The highest BCUT2D eigenvalue weighted by molar-refractivity contribution is 6.60. The first-order chi connectivity index (χ1) is 11.1. The Morgan fingerprint density at radius 3 is 1.61 bits per heavy atom. The number of hydrogen-bond acceptors (Lipinski definition) is 0. The minimum atomic E-state index is -0.927. The summed E-state index contributed by atoms with van der Waals surface area (Å²) < 4.78 is 0. The Morgan fingerprint density at radius 2 is 1.17 bits per heavy atom. The van der Waals surface area contributed by atoms with Crippen molar-refractivity contribution in [2.24, 2.45) is 0 Å². The predicted octanol–water partition coefficient (Wildman–Crippen LogP) is 5.85. The molecule has 2 unspecified atom stereocenters. The van der Waals surface area contributed by atoms with Gasteiger partial charge in [0.1, 0.15) is 0 Å². The standard InChI is InChI=1S/C22H24Si/c1-22(23(2)3,20-14-12-16-8-4-6-10-18(16)20)21-15-13-17-9-5-7-11-19(17)21/h4-15,20-21,23H,1-3H3. The molecule has 0 heterocycles. The van der Waals surface area contributed by atoms with Gasteiger partial charge >= 0.3 is 0 Å². The molecule has 2 aromatic carbocycles. The zero-order chi connectivity index (χ0) is 16.0. The van der Waals surface area contributed by atoms with Crippen LogP contribution in [-0.4, -0.2) is 8.80 Å². The molecule has 0 N–H and O–H groups in total. The maximum Gasteiger partial charge on any atom is 0.0392 e. The number of rotatable bonds is 3. The van der Waals surface area contributed by atoms with Crippen molar-refractivity contribution < 1.29 is 0 Å². The van der Waals surface area contributed by atoms with Gasteiger partial charge in [0, 0.05) is 20.6 Å². The third kappa shape index (κ3) is 2.10. The molecule has 116 valence electrons. The molecule has 0 radical (unpaired) electrons. The van der Waals surface area contributed by atoms with Crippen LogP contribution in [0.4, 0.5) is 0 Å². The molecule has 23 heavy (non-hydrogen) atoms. The highest BCUT2D eigenvalue weighted by Gasteiger charge is 2.46. The molecule has 2 atom stereocenters. The molecule has 4 rings (SSSR count). The summed E-state index contributed by atoms with van der Waals surface area (Å²) in [7, 11) is -0.927. The maximum absolute atomic E-state index is 2.54. The Hall–Kier alpha value is -1.86. The largest absolute Gasteiger partial charge is 0.0761 e. The molecule has 0 aromatic heterocycles. The lowest BCUT2D eigenvalue weighted by Crippen LogP contribution is -2.34. The first kappa shape index (κ1) is 14.7. The van der Waals surface area contributed by atoms with Crippen LogP contribution in [0.15, 0.2) is 60.7 Å². The molecule has 1 heteroatoms. The van der Waals surface area contributed by atoms with Crippen LogP contribution >= 0.6 is 0 Å². The zero-order valence-electron chi connectivity index (χ0n) is 14.2. The summed E-state index contributed by atoms with van der Waals surface area (Å²) in [6, 6.07) is 17.9. The summed E-state index contributed by atoms with van der Waals surface area (Å²) in [6.07, 6.45) is 9.60. The summed E-state index contributed by atoms with van der Waals surface area (Å²) in [5.74, 6) is 1.07. The third-order valence-electron chi connectivity index (χ3n) is 6.18. The van der Waals surface area contributed by atoms with E-state index in [9.17, 15) is 0 Å². The second-order valence-electron chi connectivity index (χ2n) is 7.45. The van der Waals surface area contributed by atoms with Crippen molar-refractivity contribution in [3.8, 4) is 0 Å². The maximum atomic E-state index is 2.54. The zero-order valence-corrected chi connectivity index (χ0v) is 15.3. The third-order valence-corrected chi connectivity index (χ3v) is 9.39. The average Bonchev–Trinajstić information content (AvgIpc) is 3.18. The Kier molecular flexibility index (Phi) is 3.42. The van der Waals surface area contributed by atoms with Crippen LogP contribution in [0.1, 0.15) is 41.0 Å². The first-order valence-corrected chi connectivity index (χ1v) is 11.6. The van der Waals surface area contributed by atoms with Gasteiger partial charge in [0.05, 0.1) is 0 Å². The van der Waals surface area contributed by atoms with E-state index >= 15 is 0 Å². The molecule has 2 aliphatic carbocycles. The smallest absolute Gasteiger partial charge is 0.0392 e. The van der Waals surface area contributed by atoms with Crippen molar-refractivity contribution in [1.29, 1.82) is 0 Å². The summed E-state index contributed by atoms with van der Waals surface area (Å²) in [6.45, 7) is 7.57. The van der Waals surface area contributed by atoms with Gasteiger partial charge in [-0.15, -0.1) is 0 Å². The molecule has 0 saturated heterocycles. The highest BCUT2D eigenvalue weighted by Crippen LogP contribution is 2.60. The number of fused-ring (bicyclic) bond motifs is 2. The molecule has 0 fully saturated rings. The molecule has 2 aromatic rings. The normalized spacial score (nSPS) is 23.8. The average molecular weight is 317 g/mol. The molecular formula is C22H24Si. The van der Waals surface area contributed by atoms with Crippen molar-refractivity contribution >= 4 is 20.9 Å². The van der Waals surface area contributed by atoms with E-state index in [4.69, 9.17) is 0 Å². The van der Waals surface area contributed by atoms with Crippen molar-refractivity contribution in [2.45, 2.75) is 36.9 Å². The minimum absolute atomic E-state index is 0.312. The van der Waals surface area contributed by atoms with Crippen LogP contribution in [0.2, 0.25) is 18.1 Å². The predicted molar refractivity (Wildman–Crippen MR) is 104 cm³/mol. The van der Waals surface area contributed by atoms with E-state index in [0.717, 1.165) is 0 Å². The van der Waals surface area contributed by atoms with Gasteiger partial charge in [0.15, 0.2) is 0 Å². The monoisotopic (exact) mass is 316 g/mol. The fraction of sp³-hybridized carbons (Fsp3) is 0.273. The number of hydrogen-bond donors (Lipinski definition) is 0. The van der Waals surface area contributed by atoms with E-state index in [1.807, 2.05) is 0 Å². The van der Waals surface area contributed by atoms with Gasteiger partial charge in [-0.1, -0.05) is 92.9 Å². The van der Waals surface area contributed by atoms with Gasteiger partial charge in [-0.3, -0.25) is 0 Å². The van der Waals surface area contributed by atoms with Crippen LogP contribution in [0, 0.1) is 0 Å². The first-order valence-electron chi connectivity index (χ1n) is 8.66. The van der Waals surface area contributed by atoms with Crippen LogP contribution in [0.5, 0.6) is 0 Å². The summed E-state index contributed by atoms with van der Waals surface area (Å²) in [5, 5.41) is 0.312. The van der Waals surface area contributed by atoms with Crippen LogP contribution in [0.25, 0.3) is 12.2 Å². The van der Waals surface area contributed by atoms with E-state index in [2.05, 4.69) is 92.9 Å². The SMILES string of the molecule is C[SiH](C)C(C)(C1C=Cc2ccccc21)C1C=Cc2ccccc21. The lowest BCUT2D eigenvalue weighted by Gasteiger charge is -2.44. The van der Waals surface area contributed by atoms with Crippen molar-refractivity contribution in [1.82, 2.24) is 0 Å². The van der Waals surface area contributed by atoms with Crippen molar-refractivity contribution in [2.75, 3.05) is 0 Å². The van der Waals surface area contributed by atoms with Crippen molar-refractivity contribution in [3.63, 3.8) is 0 Å². The highest BCUT2D eigenvalue weighted by atomic mass is 28.3. The molecular weight excluding hydrogens is 292 g/mol. The molecule has 0 aliphatic heterocycles. The van der Waals surface area contributed by atoms with E-state index in [1.54, 1.807) is 0 Å². The van der Waals surface area contributed by atoms with Crippen LogP contribution in [-0.2, 0) is 0 Å². The van der Waals surface area contributed by atoms with Crippen LogP contribution in [0.3, 0.4) is 0 Å². The van der Waals surface area contributed by atoms with Crippen LogP contribution < -0.4 is 0 Å². The van der Waals surface area contributed by atoms with Gasteiger partial charge in [-0.25, -0.2) is 0 Å². The Bertz CT molecular complexity index is 736. The summed E-state index contributed by atoms with van der Waals surface area (Å²) in [4.78, 5) is 0. The Morgan fingerprint density at radius 1 is 0.739 bits per heavy atom. The second kappa shape index (κ2) is 5.35. The van der Waals surface area contributed by atoms with Gasteiger partial charge in [0.25, 0.3) is 0 Å². The van der Waals surface area contributed by atoms with Gasteiger partial charge in [-0.2, -0.15) is 0 Å². The van der Waals surface area contributed by atoms with E-state index in [-0.39, 0.29) is 0 Å². The molecule has 2 aliphatic rings. The fourth-order valence-electron chi connectivity index (χ4n) is 4.50. The summed E-state index contributed by atoms with van der Waals surface area (Å²) in [5.41, 5.74) is 5.87. The molecule has 0 nitrogen and oxygen atoms in total. The van der Waals surface area contributed by atoms with E-state index in [0.29, 0.717) is 16.9 Å². The van der Waals surface area contributed by atoms with E-state index in [1.165, 1.54) is 22.3 Å². The quantitative estimate of drug-likeness (QED) is 0.623. The lowest BCUT2D eigenvalue weighted by atomic mass is 9.76. The van der Waals surface area contributed by atoms with Crippen molar-refractivity contribution in [3.05, 3.63) is 82.9 Å². The van der Waals surface area contributed by atoms with Gasteiger partial charge in [0.2, 0.25) is 0 Å². The minimum Gasteiger partial charge on any atom is -0.0761 e. The number of benzene rings is 2. The molecule has 0 spiro atoms. The lowest BCUT2D eigenvalue weighted by molar-refractivity contribution is 0.494. The fourth-order valence-corrected chi connectivity index (χ4v) is 6.51. The number of allylic oxidation sites excluding steroid dienone is 2. The Balaban J connectivity index is 1.84. The van der Waals surface area contributed by atoms with E-state index < -0.39 is 8.80 Å². The Labute approximate surface area is 141 Å².